The van der Waals surface area contributed by atoms with E-state index in [0.29, 0.717) is 12.5 Å². The molecule has 1 aromatic rings. The molecule has 2 unspecified atom stereocenters. The minimum absolute atomic E-state index is 0.0533. The summed E-state index contributed by atoms with van der Waals surface area (Å²) in [6.45, 7) is 0.484. The molecule has 0 aromatic heterocycles. The molecule has 0 radical (unpaired) electrons. The quantitative estimate of drug-likeness (QED) is 0.765. The number of carbonyl (C=O) groups is 1. The van der Waals surface area contributed by atoms with E-state index in [2.05, 4.69) is 5.32 Å². The first-order chi connectivity index (χ1) is 9.72. The molecule has 4 nitrogen and oxygen atoms in total. The molecule has 0 aliphatic heterocycles. The van der Waals surface area contributed by atoms with Crippen molar-refractivity contribution in [2.75, 3.05) is 6.54 Å². The Hall–Kier alpha value is -1.39. The molecule has 0 heterocycles. The standard InChI is InChI=1S/C16H25N3O/c17-11-14(12-7-3-1-4-8-12)19-16(20)15(18)13-9-5-2-6-10-13/h2,5-6,9-10,12,14-15H,1,3-4,7-8,11,17-18H2,(H,19,20). The van der Waals surface area contributed by atoms with Crippen LogP contribution in [0.3, 0.4) is 0 Å². The summed E-state index contributed by atoms with van der Waals surface area (Å²) in [5.74, 6) is 0.373. The molecular formula is C16H25N3O. The van der Waals surface area contributed by atoms with E-state index in [9.17, 15) is 4.79 Å². The van der Waals surface area contributed by atoms with Crippen LogP contribution in [0.5, 0.6) is 0 Å². The Labute approximate surface area is 120 Å². The number of amides is 1. The summed E-state index contributed by atoms with van der Waals surface area (Å²) in [6.07, 6.45) is 6.08. The van der Waals surface area contributed by atoms with Crippen molar-refractivity contribution < 1.29 is 4.79 Å². The Morgan fingerprint density at radius 1 is 1.20 bits per heavy atom. The zero-order valence-corrected chi connectivity index (χ0v) is 11.9. The Bertz CT molecular complexity index is 415. The molecule has 2 rings (SSSR count). The van der Waals surface area contributed by atoms with Gasteiger partial charge in [-0.2, -0.15) is 0 Å². The largest absolute Gasteiger partial charge is 0.350 e. The van der Waals surface area contributed by atoms with Gasteiger partial charge in [-0.3, -0.25) is 4.79 Å². The predicted octanol–water partition coefficient (Wildman–Crippen LogP) is 1.71. The van der Waals surface area contributed by atoms with E-state index >= 15 is 0 Å². The summed E-state index contributed by atoms with van der Waals surface area (Å²) in [7, 11) is 0. The molecule has 0 spiro atoms. The molecule has 1 fully saturated rings. The van der Waals surface area contributed by atoms with Gasteiger partial charge in [0.2, 0.25) is 5.91 Å². The summed E-state index contributed by atoms with van der Waals surface area (Å²) in [4.78, 5) is 12.3. The van der Waals surface area contributed by atoms with Crippen LogP contribution in [-0.4, -0.2) is 18.5 Å². The minimum Gasteiger partial charge on any atom is -0.350 e. The van der Waals surface area contributed by atoms with Crippen LogP contribution in [0.4, 0.5) is 0 Å². The molecule has 1 aliphatic rings. The van der Waals surface area contributed by atoms with Crippen molar-refractivity contribution in [3.63, 3.8) is 0 Å². The van der Waals surface area contributed by atoms with Crippen molar-refractivity contribution >= 4 is 5.91 Å². The van der Waals surface area contributed by atoms with Gasteiger partial charge in [-0.05, 0) is 24.3 Å². The van der Waals surface area contributed by atoms with Crippen LogP contribution < -0.4 is 16.8 Å². The summed E-state index contributed by atoms with van der Waals surface area (Å²) in [5.41, 5.74) is 12.7. The summed E-state index contributed by atoms with van der Waals surface area (Å²) >= 11 is 0. The maximum atomic E-state index is 12.3. The van der Waals surface area contributed by atoms with Gasteiger partial charge in [-0.25, -0.2) is 0 Å². The fourth-order valence-corrected chi connectivity index (χ4v) is 2.99. The van der Waals surface area contributed by atoms with Gasteiger partial charge in [0.25, 0.3) is 0 Å². The lowest BCUT2D eigenvalue weighted by molar-refractivity contribution is -0.123. The molecule has 1 aliphatic carbocycles. The zero-order valence-electron chi connectivity index (χ0n) is 11.9. The molecule has 4 heteroatoms. The molecule has 110 valence electrons. The number of hydrogen-bond acceptors (Lipinski definition) is 3. The highest BCUT2D eigenvalue weighted by atomic mass is 16.2. The average Bonchev–Trinajstić information content (AvgIpc) is 2.53. The van der Waals surface area contributed by atoms with E-state index in [0.717, 1.165) is 18.4 Å². The number of benzene rings is 1. The monoisotopic (exact) mass is 275 g/mol. The van der Waals surface area contributed by atoms with Crippen LogP contribution in [-0.2, 0) is 4.79 Å². The van der Waals surface area contributed by atoms with E-state index < -0.39 is 6.04 Å². The number of nitrogens with one attached hydrogen (secondary N) is 1. The van der Waals surface area contributed by atoms with Crippen molar-refractivity contribution in [1.82, 2.24) is 5.32 Å². The number of rotatable bonds is 5. The fraction of sp³-hybridized carbons (Fsp3) is 0.562. The van der Waals surface area contributed by atoms with Crippen molar-refractivity contribution in [2.24, 2.45) is 17.4 Å². The van der Waals surface area contributed by atoms with Crippen LogP contribution in [0.1, 0.15) is 43.7 Å². The van der Waals surface area contributed by atoms with Gasteiger partial charge in [0, 0.05) is 12.6 Å². The second kappa shape index (κ2) is 7.41. The van der Waals surface area contributed by atoms with E-state index in [1.54, 1.807) is 0 Å². The van der Waals surface area contributed by atoms with E-state index in [1.807, 2.05) is 30.3 Å². The van der Waals surface area contributed by atoms with Crippen molar-refractivity contribution in [3.8, 4) is 0 Å². The number of carbonyl (C=O) groups excluding carboxylic acids is 1. The van der Waals surface area contributed by atoms with Gasteiger partial charge >= 0.3 is 0 Å². The lowest BCUT2D eigenvalue weighted by Crippen LogP contribution is -2.48. The van der Waals surface area contributed by atoms with Gasteiger partial charge in [-0.1, -0.05) is 49.6 Å². The normalized spacial score (nSPS) is 19.3. The van der Waals surface area contributed by atoms with Crippen LogP contribution in [0.2, 0.25) is 0 Å². The molecule has 1 saturated carbocycles. The number of hydrogen-bond donors (Lipinski definition) is 3. The SMILES string of the molecule is NCC(NC(=O)C(N)c1ccccc1)C1CCCCC1. The molecule has 2 atom stereocenters. The highest BCUT2D eigenvalue weighted by Gasteiger charge is 2.26. The maximum absolute atomic E-state index is 12.3. The second-order valence-corrected chi connectivity index (χ2v) is 5.64. The lowest BCUT2D eigenvalue weighted by atomic mass is 9.83. The molecule has 20 heavy (non-hydrogen) atoms. The maximum Gasteiger partial charge on any atom is 0.241 e. The first kappa shape index (κ1) is 15.0. The molecule has 1 aromatic carbocycles. The third kappa shape index (κ3) is 3.81. The Morgan fingerprint density at radius 3 is 2.45 bits per heavy atom. The van der Waals surface area contributed by atoms with Gasteiger partial charge < -0.3 is 16.8 Å². The van der Waals surface area contributed by atoms with E-state index in [1.165, 1.54) is 19.3 Å². The summed E-state index contributed by atoms with van der Waals surface area (Å²) in [5, 5.41) is 3.05. The Balaban J connectivity index is 1.94. The van der Waals surface area contributed by atoms with Crippen molar-refractivity contribution in [3.05, 3.63) is 35.9 Å². The van der Waals surface area contributed by atoms with Crippen LogP contribution in [0.25, 0.3) is 0 Å². The number of nitrogens with two attached hydrogens (primary N) is 2. The van der Waals surface area contributed by atoms with Gasteiger partial charge in [0.05, 0.1) is 0 Å². The molecule has 5 N–H and O–H groups in total. The van der Waals surface area contributed by atoms with Gasteiger partial charge in [0.15, 0.2) is 0 Å². The van der Waals surface area contributed by atoms with E-state index in [-0.39, 0.29) is 11.9 Å². The third-order valence-corrected chi connectivity index (χ3v) is 4.24. The average molecular weight is 275 g/mol. The van der Waals surface area contributed by atoms with Crippen LogP contribution in [0, 0.1) is 5.92 Å². The first-order valence-electron chi connectivity index (χ1n) is 7.53. The summed E-state index contributed by atoms with van der Waals surface area (Å²) in [6, 6.07) is 8.89. The predicted molar refractivity (Wildman–Crippen MR) is 80.9 cm³/mol. The van der Waals surface area contributed by atoms with Gasteiger partial charge in [-0.15, -0.1) is 0 Å². The van der Waals surface area contributed by atoms with Gasteiger partial charge in [0.1, 0.15) is 6.04 Å². The Morgan fingerprint density at radius 2 is 1.85 bits per heavy atom. The minimum atomic E-state index is -0.617. The Kier molecular flexibility index (Phi) is 5.56. The van der Waals surface area contributed by atoms with Crippen LogP contribution in [0.15, 0.2) is 30.3 Å². The van der Waals surface area contributed by atoms with Crippen LogP contribution >= 0.6 is 0 Å². The van der Waals surface area contributed by atoms with Crippen molar-refractivity contribution in [2.45, 2.75) is 44.2 Å². The van der Waals surface area contributed by atoms with Crippen molar-refractivity contribution in [1.29, 1.82) is 0 Å². The van der Waals surface area contributed by atoms with E-state index in [4.69, 9.17) is 11.5 Å². The smallest absolute Gasteiger partial charge is 0.241 e. The third-order valence-electron chi connectivity index (χ3n) is 4.24. The fourth-order valence-electron chi connectivity index (χ4n) is 2.99. The molecule has 0 bridgehead atoms. The molecule has 0 saturated heterocycles. The zero-order chi connectivity index (χ0) is 14.4. The first-order valence-corrected chi connectivity index (χ1v) is 7.53. The molecular weight excluding hydrogens is 250 g/mol. The topological polar surface area (TPSA) is 81.1 Å². The molecule has 1 amide bonds. The second-order valence-electron chi connectivity index (χ2n) is 5.64. The highest BCUT2D eigenvalue weighted by Crippen LogP contribution is 2.26. The lowest BCUT2D eigenvalue weighted by Gasteiger charge is -2.30. The summed E-state index contributed by atoms with van der Waals surface area (Å²) < 4.78 is 0. The highest BCUT2D eigenvalue weighted by molar-refractivity contribution is 5.83.